The molecule has 2 aromatic rings. The Bertz CT molecular complexity index is 575. The highest BCUT2D eigenvalue weighted by molar-refractivity contribution is 7.12. The maximum absolute atomic E-state index is 6.54. The second kappa shape index (κ2) is 5.10. The predicted octanol–water partition coefficient (Wildman–Crippen LogP) is 4.71. The van der Waals surface area contributed by atoms with Gasteiger partial charge in [0.1, 0.15) is 0 Å². The van der Waals surface area contributed by atoms with Gasteiger partial charge in [-0.15, -0.1) is 11.3 Å². The summed E-state index contributed by atoms with van der Waals surface area (Å²) in [5.41, 5.74) is 10.6. The predicted molar refractivity (Wildman–Crippen MR) is 85.0 cm³/mol. The number of aryl methyl sites for hydroxylation is 2. The number of rotatable bonds is 2. The molecule has 1 atom stereocenters. The summed E-state index contributed by atoms with van der Waals surface area (Å²) >= 11 is 1.81. The van der Waals surface area contributed by atoms with Crippen molar-refractivity contribution in [2.45, 2.75) is 46.1 Å². The van der Waals surface area contributed by atoms with Gasteiger partial charge in [0.25, 0.3) is 0 Å². The second-order valence-corrected chi connectivity index (χ2v) is 7.51. The van der Waals surface area contributed by atoms with Gasteiger partial charge < -0.3 is 5.73 Å². The second-order valence-electron chi connectivity index (χ2n) is 6.22. The summed E-state index contributed by atoms with van der Waals surface area (Å²) in [6.45, 7) is 11.0. The molecule has 102 valence electrons. The lowest BCUT2D eigenvalue weighted by Crippen LogP contribution is -2.20. The first kappa shape index (κ1) is 14.3. The number of nitrogens with two attached hydrogens (primary N) is 1. The highest BCUT2D eigenvalue weighted by Crippen LogP contribution is 2.35. The van der Waals surface area contributed by atoms with Crippen molar-refractivity contribution in [2.75, 3.05) is 0 Å². The van der Waals surface area contributed by atoms with Crippen molar-refractivity contribution in [1.82, 2.24) is 0 Å². The average molecular weight is 273 g/mol. The Kier molecular flexibility index (Phi) is 3.84. The zero-order chi connectivity index (χ0) is 14.2. The first-order valence-electron chi connectivity index (χ1n) is 6.72. The lowest BCUT2D eigenvalue weighted by atomic mass is 9.81. The summed E-state index contributed by atoms with van der Waals surface area (Å²) in [6, 6.07) is 10.8. The van der Waals surface area contributed by atoms with Crippen LogP contribution < -0.4 is 5.73 Å². The highest BCUT2D eigenvalue weighted by Gasteiger charge is 2.23. The van der Waals surface area contributed by atoms with E-state index >= 15 is 0 Å². The minimum Gasteiger partial charge on any atom is -0.320 e. The van der Waals surface area contributed by atoms with Crippen LogP contribution in [0.5, 0.6) is 0 Å². The third-order valence-corrected chi connectivity index (χ3v) is 4.70. The summed E-state index contributed by atoms with van der Waals surface area (Å²) < 4.78 is 0. The fourth-order valence-electron chi connectivity index (χ4n) is 2.56. The molecular weight excluding hydrogens is 250 g/mol. The smallest absolute Gasteiger partial charge is 0.0651 e. The van der Waals surface area contributed by atoms with Gasteiger partial charge in [-0.25, -0.2) is 0 Å². The van der Waals surface area contributed by atoms with Crippen LogP contribution in [0.1, 0.15) is 53.3 Å². The maximum Gasteiger partial charge on any atom is 0.0651 e. The van der Waals surface area contributed by atoms with Crippen molar-refractivity contribution in [1.29, 1.82) is 0 Å². The number of benzene rings is 1. The molecule has 1 heterocycles. The van der Waals surface area contributed by atoms with E-state index in [1.54, 1.807) is 0 Å². The molecule has 0 saturated carbocycles. The Morgan fingerprint density at radius 2 is 1.74 bits per heavy atom. The van der Waals surface area contributed by atoms with Gasteiger partial charge in [0.15, 0.2) is 0 Å². The van der Waals surface area contributed by atoms with Crippen molar-refractivity contribution in [2.24, 2.45) is 5.73 Å². The molecule has 1 nitrogen and oxygen atoms in total. The molecule has 2 rings (SSSR count). The standard InChI is InChI=1S/C17H23NS/c1-11-10-12(2)19-16(11)15(18)13-8-6-7-9-14(13)17(3,4)5/h6-10,15H,18H2,1-5H3. The van der Waals surface area contributed by atoms with Crippen molar-refractivity contribution in [3.63, 3.8) is 0 Å². The molecule has 0 amide bonds. The first-order chi connectivity index (χ1) is 8.80. The number of thiophene rings is 1. The van der Waals surface area contributed by atoms with E-state index in [1.165, 1.54) is 26.4 Å². The van der Waals surface area contributed by atoms with E-state index in [1.807, 2.05) is 11.3 Å². The van der Waals surface area contributed by atoms with Crippen LogP contribution in [-0.4, -0.2) is 0 Å². The van der Waals surface area contributed by atoms with Crippen molar-refractivity contribution < 1.29 is 0 Å². The quantitative estimate of drug-likeness (QED) is 0.842. The van der Waals surface area contributed by atoms with Gasteiger partial charge in [-0.05, 0) is 42.0 Å². The van der Waals surface area contributed by atoms with Gasteiger partial charge in [-0.2, -0.15) is 0 Å². The molecule has 0 fully saturated rings. The zero-order valence-corrected chi connectivity index (χ0v) is 13.3. The first-order valence-corrected chi connectivity index (χ1v) is 7.54. The summed E-state index contributed by atoms with van der Waals surface area (Å²) in [7, 11) is 0. The van der Waals surface area contributed by atoms with Gasteiger partial charge in [0.05, 0.1) is 6.04 Å². The van der Waals surface area contributed by atoms with Gasteiger partial charge in [-0.1, -0.05) is 45.0 Å². The fraction of sp³-hybridized carbons (Fsp3) is 0.412. The van der Waals surface area contributed by atoms with Crippen LogP contribution in [0.2, 0.25) is 0 Å². The molecule has 1 aromatic heterocycles. The van der Waals surface area contributed by atoms with Crippen LogP contribution in [0.25, 0.3) is 0 Å². The molecule has 2 N–H and O–H groups in total. The SMILES string of the molecule is Cc1cc(C)c(C(N)c2ccccc2C(C)(C)C)s1. The molecule has 0 aliphatic rings. The van der Waals surface area contributed by atoms with Crippen LogP contribution in [0.3, 0.4) is 0 Å². The minimum atomic E-state index is -0.0193. The molecule has 1 aromatic carbocycles. The van der Waals surface area contributed by atoms with Gasteiger partial charge in [-0.3, -0.25) is 0 Å². The lowest BCUT2D eigenvalue weighted by molar-refractivity contribution is 0.578. The normalized spacial score (nSPS) is 13.6. The van der Waals surface area contributed by atoms with Crippen LogP contribution in [0, 0.1) is 13.8 Å². The Morgan fingerprint density at radius 1 is 1.11 bits per heavy atom. The summed E-state index contributed by atoms with van der Waals surface area (Å²) in [5.74, 6) is 0. The molecule has 0 bridgehead atoms. The highest BCUT2D eigenvalue weighted by atomic mass is 32.1. The third kappa shape index (κ3) is 2.90. The number of hydrogen-bond acceptors (Lipinski definition) is 2. The van der Waals surface area contributed by atoms with E-state index < -0.39 is 0 Å². The van der Waals surface area contributed by atoms with E-state index in [9.17, 15) is 0 Å². The Morgan fingerprint density at radius 3 is 2.26 bits per heavy atom. The van der Waals surface area contributed by atoms with E-state index in [2.05, 4.69) is 65.0 Å². The Hall–Kier alpha value is -1.12. The van der Waals surface area contributed by atoms with Crippen molar-refractivity contribution in [3.05, 3.63) is 56.8 Å². The average Bonchev–Trinajstić information content (AvgIpc) is 2.66. The molecular formula is C17H23NS. The van der Waals surface area contributed by atoms with E-state index in [4.69, 9.17) is 5.73 Å². The summed E-state index contributed by atoms with van der Waals surface area (Å²) in [5, 5.41) is 0. The van der Waals surface area contributed by atoms with Crippen LogP contribution in [0.4, 0.5) is 0 Å². The monoisotopic (exact) mass is 273 g/mol. The Labute approximate surface area is 120 Å². The molecule has 1 unspecified atom stereocenters. The molecule has 0 spiro atoms. The van der Waals surface area contributed by atoms with Gasteiger partial charge in [0, 0.05) is 9.75 Å². The van der Waals surface area contributed by atoms with E-state index in [0.717, 1.165) is 0 Å². The maximum atomic E-state index is 6.54. The van der Waals surface area contributed by atoms with Crippen LogP contribution >= 0.6 is 11.3 Å². The van der Waals surface area contributed by atoms with E-state index in [0.29, 0.717) is 0 Å². The third-order valence-electron chi connectivity index (χ3n) is 3.47. The fourth-order valence-corrected chi connectivity index (χ4v) is 3.62. The van der Waals surface area contributed by atoms with E-state index in [-0.39, 0.29) is 11.5 Å². The Balaban J connectivity index is 2.50. The molecule has 0 saturated heterocycles. The van der Waals surface area contributed by atoms with Crippen molar-refractivity contribution >= 4 is 11.3 Å². The van der Waals surface area contributed by atoms with Gasteiger partial charge >= 0.3 is 0 Å². The molecule has 0 aliphatic carbocycles. The summed E-state index contributed by atoms with van der Waals surface area (Å²) in [6.07, 6.45) is 0. The minimum absolute atomic E-state index is 0.0193. The summed E-state index contributed by atoms with van der Waals surface area (Å²) in [4.78, 5) is 2.62. The number of hydrogen-bond donors (Lipinski definition) is 1. The molecule has 19 heavy (non-hydrogen) atoms. The zero-order valence-electron chi connectivity index (χ0n) is 12.4. The molecule has 0 aliphatic heterocycles. The molecule has 2 heteroatoms. The lowest BCUT2D eigenvalue weighted by Gasteiger charge is -2.25. The largest absolute Gasteiger partial charge is 0.320 e. The van der Waals surface area contributed by atoms with Crippen LogP contribution in [-0.2, 0) is 5.41 Å². The molecule has 0 radical (unpaired) electrons. The van der Waals surface area contributed by atoms with Crippen LogP contribution in [0.15, 0.2) is 30.3 Å². The van der Waals surface area contributed by atoms with Gasteiger partial charge in [0.2, 0.25) is 0 Å². The van der Waals surface area contributed by atoms with Crippen molar-refractivity contribution in [3.8, 4) is 0 Å². The topological polar surface area (TPSA) is 26.0 Å².